The Morgan fingerprint density at radius 2 is 1.58 bits per heavy atom. The molecule has 1 atom stereocenters. The second-order valence-corrected chi connectivity index (χ2v) is 7.29. The Morgan fingerprint density at radius 1 is 1.00 bits per heavy atom. The minimum absolute atomic E-state index is 0.213. The fraction of sp³-hybridized carbons (Fsp3) is 0.588. The van der Waals surface area contributed by atoms with Crippen LogP contribution >= 0.6 is 9.24 Å². The molecule has 2 rings (SSSR count). The van der Waals surface area contributed by atoms with Gasteiger partial charge in [-0.1, -0.05) is 25.3 Å². The van der Waals surface area contributed by atoms with E-state index >= 15 is 0 Å². The van der Waals surface area contributed by atoms with Crippen LogP contribution in [0.1, 0.15) is 64.7 Å². The molecule has 0 heterocycles. The molecule has 0 bridgehead atoms. The SMILES string of the molecule is Cc1cc(C)c(C(=O)C2(P)CCCCC2)c(C)c1C. The molecular formula is C17H25OP. The number of benzene rings is 1. The van der Waals surface area contributed by atoms with Gasteiger partial charge in [0.1, 0.15) is 0 Å². The molecule has 0 saturated heterocycles. The minimum atomic E-state index is -0.213. The maximum Gasteiger partial charge on any atom is 0.173 e. The van der Waals surface area contributed by atoms with Gasteiger partial charge in [0.05, 0.1) is 0 Å². The predicted molar refractivity (Wildman–Crippen MR) is 85.2 cm³/mol. The normalized spacial score (nSPS) is 18.4. The van der Waals surface area contributed by atoms with Gasteiger partial charge in [0, 0.05) is 10.7 Å². The van der Waals surface area contributed by atoms with Crippen molar-refractivity contribution in [2.24, 2.45) is 0 Å². The lowest BCUT2D eigenvalue weighted by molar-refractivity contribution is 0.0916. The van der Waals surface area contributed by atoms with Gasteiger partial charge in [-0.15, -0.1) is 9.24 Å². The number of Topliss-reactive ketones (excluding diaryl/α,β-unsaturated/α-hetero) is 1. The van der Waals surface area contributed by atoms with Gasteiger partial charge in [0.2, 0.25) is 0 Å². The van der Waals surface area contributed by atoms with Crippen LogP contribution in [-0.2, 0) is 0 Å². The van der Waals surface area contributed by atoms with Crippen molar-refractivity contribution >= 4 is 15.0 Å². The maximum atomic E-state index is 13.0. The van der Waals surface area contributed by atoms with E-state index in [1.165, 1.54) is 36.0 Å². The first-order chi connectivity index (χ1) is 8.87. The van der Waals surface area contributed by atoms with Crippen LogP contribution in [0, 0.1) is 27.7 Å². The van der Waals surface area contributed by atoms with Gasteiger partial charge < -0.3 is 0 Å². The highest BCUT2D eigenvalue weighted by molar-refractivity contribution is 7.21. The third kappa shape index (κ3) is 2.63. The van der Waals surface area contributed by atoms with Crippen molar-refractivity contribution in [1.82, 2.24) is 0 Å². The molecule has 1 aromatic carbocycles. The number of ketones is 1. The number of carbonyl (C=O) groups is 1. The van der Waals surface area contributed by atoms with Crippen LogP contribution in [-0.4, -0.2) is 10.9 Å². The van der Waals surface area contributed by atoms with Gasteiger partial charge in [-0.05, 0) is 62.8 Å². The second-order valence-electron chi connectivity index (χ2n) is 6.18. The topological polar surface area (TPSA) is 17.1 Å². The van der Waals surface area contributed by atoms with E-state index < -0.39 is 0 Å². The summed E-state index contributed by atoms with van der Waals surface area (Å²) in [7, 11) is 2.88. The quantitative estimate of drug-likeness (QED) is 0.566. The van der Waals surface area contributed by atoms with Crippen LogP contribution < -0.4 is 0 Å². The lowest BCUT2D eigenvalue weighted by Gasteiger charge is -2.33. The van der Waals surface area contributed by atoms with E-state index in [9.17, 15) is 4.79 Å². The predicted octanol–water partition coefficient (Wildman–Crippen LogP) is 4.68. The van der Waals surface area contributed by atoms with Crippen LogP contribution in [0.2, 0.25) is 0 Å². The molecule has 19 heavy (non-hydrogen) atoms. The Morgan fingerprint density at radius 3 is 2.16 bits per heavy atom. The smallest absolute Gasteiger partial charge is 0.173 e. The highest BCUT2D eigenvalue weighted by Crippen LogP contribution is 2.40. The molecule has 1 nitrogen and oxygen atoms in total. The van der Waals surface area contributed by atoms with Crippen molar-refractivity contribution in [1.29, 1.82) is 0 Å². The number of carbonyl (C=O) groups excluding carboxylic acids is 1. The average molecular weight is 276 g/mol. The highest BCUT2D eigenvalue weighted by Gasteiger charge is 2.36. The monoisotopic (exact) mass is 276 g/mol. The van der Waals surface area contributed by atoms with Crippen LogP contribution in [0.5, 0.6) is 0 Å². The third-order valence-corrected chi connectivity index (χ3v) is 5.62. The van der Waals surface area contributed by atoms with E-state index in [0.717, 1.165) is 24.0 Å². The first-order valence-corrected chi connectivity index (χ1v) is 7.85. The molecular weight excluding hydrogens is 251 g/mol. The molecule has 1 aliphatic carbocycles. The zero-order valence-electron chi connectivity index (χ0n) is 12.6. The van der Waals surface area contributed by atoms with E-state index in [4.69, 9.17) is 0 Å². The summed E-state index contributed by atoms with van der Waals surface area (Å²) in [6.45, 7) is 8.42. The van der Waals surface area contributed by atoms with Crippen molar-refractivity contribution in [3.05, 3.63) is 33.9 Å². The summed E-state index contributed by atoms with van der Waals surface area (Å²) in [5, 5.41) is -0.213. The van der Waals surface area contributed by atoms with Crippen molar-refractivity contribution < 1.29 is 4.79 Å². The molecule has 2 heteroatoms. The van der Waals surface area contributed by atoms with Crippen molar-refractivity contribution in [2.75, 3.05) is 0 Å². The van der Waals surface area contributed by atoms with Crippen molar-refractivity contribution in [3.63, 3.8) is 0 Å². The van der Waals surface area contributed by atoms with E-state index in [1.807, 2.05) is 0 Å². The average Bonchev–Trinajstić information content (AvgIpc) is 2.37. The van der Waals surface area contributed by atoms with Gasteiger partial charge in [0.25, 0.3) is 0 Å². The van der Waals surface area contributed by atoms with Gasteiger partial charge in [-0.25, -0.2) is 0 Å². The van der Waals surface area contributed by atoms with Crippen molar-refractivity contribution in [2.45, 2.75) is 65.0 Å². The van der Waals surface area contributed by atoms with E-state index in [0.29, 0.717) is 5.78 Å². The van der Waals surface area contributed by atoms with Gasteiger partial charge in [-0.2, -0.15) is 0 Å². The molecule has 0 aromatic heterocycles. The van der Waals surface area contributed by atoms with Crippen molar-refractivity contribution in [3.8, 4) is 0 Å². The molecule has 1 saturated carbocycles. The van der Waals surface area contributed by atoms with Gasteiger partial charge in [0.15, 0.2) is 5.78 Å². The highest BCUT2D eigenvalue weighted by atomic mass is 31.0. The Balaban J connectivity index is 2.47. The molecule has 1 unspecified atom stereocenters. The number of hydrogen-bond acceptors (Lipinski definition) is 1. The largest absolute Gasteiger partial charge is 0.293 e. The lowest BCUT2D eigenvalue weighted by atomic mass is 9.79. The first-order valence-electron chi connectivity index (χ1n) is 7.28. The molecule has 0 N–H and O–H groups in total. The summed E-state index contributed by atoms with van der Waals surface area (Å²) in [5.74, 6) is 0.343. The molecule has 0 radical (unpaired) electrons. The number of rotatable bonds is 2. The molecule has 1 fully saturated rings. The molecule has 104 valence electrons. The molecule has 0 aliphatic heterocycles. The summed E-state index contributed by atoms with van der Waals surface area (Å²) in [4.78, 5) is 13.0. The Bertz CT molecular complexity index is 510. The van der Waals surface area contributed by atoms with Crippen LogP contribution in [0.25, 0.3) is 0 Å². The summed E-state index contributed by atoms with van der Waals surface area (Å²) in [6.07, 6.45) is 5.66. The summed E-state index contributed by atoms with van der Waals surface area (Å²) < 4.78 is 0. The van der Waals surface area contributed by atoms with Crippen LogP contribution in [0.15, 0.2) is 6.07 Å². The van der Waals surface area contributed by atoms with E-state index in [2.05, 4.69) is 43.0 Å². The van der Waals surface area contributed by atoms with Gasteiger partial charge >= 0.3 is 0 Å². The Kier molecular flexibility index (Phi) is 4.16. The lowest BCUT2D eigenvalue weighted by Crippen LogP contribution is -2.35. The third-order valence-electron chi connectivity index (χ3n) is 4.78. The molecule has 0 spiro atoms. The molecule has 0 amide bonds. The Hall–Kier alpha value is -0.680. The summed E-state index contributed by atoms with van der Waals surface area (Å²) in [5.41, 5.74) is 5.83. The first kappa shape index (κ1) is 14.7. The van der Waals surface area contributed by atoms with Crippen LogP contribution in [0.3, 0.4) is 0 Å². The fourth-order valence-corrected chi connectivity index (χ4v) is 3.84. The Labute approximate surface area is 119 Å². The number of aryl methyl sites for hydroxylation is 2. The minimum Gasteiger partial charge on any atom is -0.293 e. The van der Waals surface area contributed by atoms with Gasteiger partial charge in [-0.3, -0.25) is 4.79 Å². The zero-order chi connectivity index (χ0) is 14.2. The maximum absolute atomic E-state index is 13.0. The zero-order valence-corrected chi connectivity index (χ0v) is 13.8. The number of hydrogen-bond donors (Lipinski definition) is 0. The van der Waals surface area contributed by atoms with Crippen LogP contribution in [0.4, 0.5) is 0 Å². The fourth-order valence-electron chi connectivity index (χ4n) is 3.29. The van der Waals surface area contributed by atoms with E-state index in [-0.39, 0.29) is 5.16 Å². The molecule has 1 aliphatic rings. The summed E-state index contributed by atoms with van der Waals surface area (Å²) >= 11 is 0. The summed E-state index contributed by atoms with van der Waals surface area (Å²) in [6, 6.07) is 2.16. The standard InChI is InChI=1S/C17H25OP/c1-11-10-12(2)15(14(4)13(11)3)16(18)17(19)8-6-5-7-9-17/h10H,5-9,19H2,1-4H3. The second kappa shape index (κ2) is 5.37. The van der Waals surface area contributed by atoms with E-state index in [1.54, 1.807) is 0 Å². The molecule has 1 aromatic rings.